The van der Waals surface area contributed by atoms with E-state index in [9.17, 15) is 5.11 Å². The zero-order valence-corrected chi connectivity index (χ0v) is 15.7. The summed E-state index contributed by atoms with van der Waals surface area (Å²) in [6.45, 7) is 7.76. The Morgan fingerprint density at radius 2 is 1.73 bits per heavy atom. The van der Waals surface area contributed by atoms with Gasteiger partial charge in [0.2, 0.25) is 0 Å². The van der Waals surface area contributed by atoms with Gasteiger partial charge < -0.3 is 25.2 Å². The Hall–Kier alpha value is -2.08. The molecule has 26 heavy (non-hydrogen) atoms. The number of benzene rings is 2. The fourth-order valence-corrected chi connectivity index (χ4v) is 2.57. The van der Waals surface area contributed by atoms with Crippen molar-refractivity contribution in [2.75, 3.05) is 26.2 Å². The summed E-state index contributed by atoms with van der Waals surface area (Å²) in [5, 5.41) is 15.8. The molecule has 1 atom stereocenters. The number of hydrogen-bond donors (Lipinski definition) is 3. The molecule has 2 rings (SSSR count). The number of hydrogen-bond acceptors (Lipinski definition) is 5. The van der Waals surface area contributed by atoms with Crippen LogP contribution in [-0.4, -0.2) is 37.5 Å². The predicted molar refractivity (Wildman–Crippen MR) is 105 cm³/mol. The van der Waals surface area contributed by atoms with Crippen molar-refractivity contribution in [2.24, 2.45) is 0 Å². The van der Waals surface area contributed by atoms with E-state index in [1.807, 2.05) is 37.3 Å². The monoisotopic (exact) mass is 358 g/mol. The largest absolute Gasteiger partial charge is 0.490 e. The third-order valence-electron chi connectivity index (χ3n) is 3.82. The zero-order valence-electron chi connectivity index (χ0n) is 15.7. The normalized spacial score (nSPS) is 12.0. The number of aliphatic hydroxyl groups is 1. The average molecular weight is 358 g/mol. The summed E-state index contributed by atoms with van der Waals surface area (Å²) in [6, 6.07) is 16.1. The van der Waals surface area contributed by atoms with Crippen LogP contribution in [-0.2, 0) is 13.2 Å². The Morgan fingerprint density at radius 3 is 2.46 bits per heavy atom. The summed E-state index contributed by atoms with van der Waals surface area (Å²) in [7, 11) is 0. The van der Waals surface area contributed by atoms with Gasteiger partial charge in [-0.2, -0.15) is 0 Å². The molecule has 3 N–H and O–H groups in total. The van der Waals surface area contributed by atoms with Crippen LogP contribution in [0.4, 0.5) is 0 Å². The van der Waals surface area contributed by atoms with Crippen LogP contribution in [0, 0.1) is 0 Å². The lowest BCUT2D eigenvalue weighted by molar-refractivity contribution is 0.191. The molecule has 2 aromatic rings. The Labute approximate surface area is 156 Å². The second kappa shape index (κ2) is 11.5. The molecular weight excluding hydrogens is 328 g/mol. The van der Waals surface area contributed by atoms with E-state index in [1.165, 1.54) is 0 Å². The first-order valence-electron chi connectivity index (χ1n) is 9.21. The summed E-state index contributed by atoms with van der Waals surface area (Å²) in [6.07, 6.45) is -0.323. The molecule has 0 amide bonds. The fourth-order valence-electron chi connectivity index (χ4n) is 2.57. The van der Waals surface area contributed by atoms with Gasteiger partial charge in [0.05, 0.1) is 12.7 Å². The molecule has 0 aromatic heterocycles. The van der Waals surface area contributed by atoms with Crippen LogP contribution in [0.25, 0.3) is 0 Å². The van der Waals surface area contributed by atoms with E-state index in [4.69, 9.17) is 9.47 Å². The van der Waals surface area contributed by atoms with Gasteiger partial charge in [0.15, 0.2) is 11.5 Å². The van der Waals surface area contributed by atoms with Gasteiger partial charge in [-0.15, -0.1) is 0 Å². The van der Waals surface area contributed by atoms with Crippen LogP contribution in [0.1, 0.15) is 25.0 Å². The smallest absolute Gasteiger partial charge is 0.166 e. The minimum absolute atomic E-state index is 0.323. The fraction of sp³-hybridized carbons (Fsp3) is 0.429. The molecule has 0 spiro atoms. The number of aliphatic hydroxyl groups excluding tert-OH is 1. The van der Waals surface area contributed by atoms with Crippen LogP contribution in [0.2, 0.25) is 0 Å². The third kappa shape index (κ3) is 7.04. The molecule has 0 saturated carbocycles. The van der Waals surface area contributed by atoms with Crippen LogP contribution >= 0.6 is 0 Å². The number of para-hydroxylation sites is 1. The average Bonchev–Trinajstić information content (AvgIpc) is 2.64. The van der Waals surface area contributed by atoms with Crippen molar-refractivity contribution in [1.29, 1.82) is 0 Å². The van der Waals surface area contributed by atoms with Gasteiger partial charge in [-0.3, -0.25) is 0 Å². The van der Waals surface area contributed by atoms with Crippen molar-refractivity contribution >= 4 is 0 Å². The Morgan fingerprint density at radius 1 is 0.962 bits per heavy atom. The summed E-state index contributed by atoms with van der Waals surface area (Å²) < 4.78 is 11.8. The van der Waals surface area contributed by atoms with Crippen molar-refractivity contribution in [1.82, 2.24) is 10.6 Å². The quantitative estimate of drug-likeness (QED) is 0.509. The van der Waals surface area contributed by atoms with Gasteiger partial charge >= 0.3 is 0 Å². The molecule has 2 aromatic carbocycles. The van der Waals surface area contributed by atoms with Crippen molar-refractivity contribution in [2.45, 2.75) is 33.1 Å². The van der Waals surface area contributed by atoms with E-state index < -0.39 is 0 Å². The maximum absolute atomic E-state index is 9.24. The van der Waals surface area contributed by atoms with Crippen molar-refractivity contribution in [3.63, 3.8) is 0 Å². The van der Waals surface area contributed by atoms with Gasteiger partial charge in [-0.05, 0) is 25.5 Å². The van der Waals surface area contributed by atoms with Crippen LogP contribution in [0.3, 0.4) is 0 Å². The topological polar surface area (TPSA) is 62.8 Å². The first-order chi connectivity index (χ1) is 12.7. The number of nitrogens with one attached hydrogen (secondary N) is 2. The Balaban J connectivity index is 1.94. The van der Waals surface area contributed by atoms with E-state index in [2.05, 4.69) is 28.8 Å². The number of ether oxygens (including phenoxy) is 2. The molecule has 0 aliphatic heterocycles. The molecule has 0 bridgehead atoms. The van der Waals surface area contributed by atoms with Gasteiger partial charge in [-0.1, -0.05) is 42.5 Å². The molecule has 0 unspecified atom stereocenters. The molecule has 0 fully saturated rings. The van der Waals surface area contributed by atoms with Crippen molar-refractivity contribution in [3.05, 3.63) is 59.7 Å². The van der Waals surface area contributed by atoms with Crippen LogP contribution in [0.5, 0.6) is 11.5 Å². The standard InChI is InChI=1S/C21H30N2O3/c1-3-25-20-11-7-10-19(15-23-13-12-22-14-17(2)24)21(20)26-16-18-8-5-4-6-9-18/h4-11,17,22-24H,3,12-16H2,1-2H3/t17-/m1/s1. The van der Waals surface area contributed by atoms with E-state index in [0.29, 0.717) is 26.3 Å². The molecule has 0 aliphatic carbocycles. The Kier molecular flexibility index (Phi) is 8.96. The van der Waals surface area contributed by atoms with E-state index >= 15 is 0 Å². The first kappa shape index (κ1) is 20.2. The lowest BCUT2D eigenvalue weighted by atomic mass is 10.1. The maximum atomic E-state index is 9.24. The summed E-state index contributed by atoms with van der Waals surface area (Å²) in [5.74, 6) is 1.57. The lowest BCUT2D eigenvalue weighted by Gasteiger charge is -2.17. The van der Waals surface area contributed by atoms with E-state index in [1.54, 1.807) is 6.92 Å². The molecule has 0 aliphatic rings. The molecule has 5 nitrogen and oxygen atoms in total. The highest BCUT2D eigenvalue weighted by atomic mass is 16.5. The third-order valence-corrected chi connectivity index (χ3v) is 3.82. The maximum Gasteiger partial charge on any atom is 0.166 e. The summed E-state index contributed by atoms with van der Waals surface area (Å²) in [4.78, 5) is 0. The molecule has 0 saturated heterocycles. The SMILES string of the molecule is CCOc1cccc(CNCCNC[C@@H](C)O)c1OCc1ccccc1. The van der Waals surface area contributed by atoms with E-state index in [0.717, 1.165) is 35.7 Å². The summed E-state index contributed by atoms with van der Waals surface area (Å²) in [5.41, 5.74) is 2.20. The van der Waals surface area contributed by atoms with E-state index in [-0.39, 0.29) is 6.10 Å². The minimum atomic E-state index is -0.323. The van der Waals surface area contributed by atoms with Crippen molar-refractivity contribution < 1.29 is 14.6 Å². The van der Waals surface area contributed by atoms with Gasteiger partial charge in [0.1, 0.15) is 6.61 Å². The lowest BCUT2D eigenvalue weighted by Crippen LogP contribution is -2.31. The predicted octanol–water partition coefficient (Wildman–Crippen LogP) is 2.72. The molecule has 5 heteroatoms. The second-order valence-corrected chi connectivity index (χ2v) is 6.18. The highest BCUT2D eigenvalue weighted by Gasteiger charge is 2.11. The summed E-state index contributed by atoms with van der Waals surface area (Å²) >= 11 is 0. The molecule has 0 radical (unpaired) electrons. The second-order valence-electron chi connectivity index (χ2n) is 6.18. The molecular formula is C21H30N2O3. The van der Waals surface area contributed by atoms with Gasteiger partial charge in [0, 0.05) is 31.7 Å². The molecule has 142 valence electrons. The highest BCUT2D eigenvalue weighted by Crippen LogP contribution is 2.32. The molecule has 0 heterocycles. The zero-order chi connectivity index (χ0) is 18.6. The van der Waals surface area contributed by atoms with Crippen LogP contribution < -0.4 is 20.1 Å². The van der Waals surface area contributed by atoms with Gasteiger partial charge in [0.25, 0.3) is 0 Å². The highest BCUT2D eigenvalue weighted by molar-refractivity contribution is 5.46. The minimum Gasteiger partial charge on any atom is -0.490 e. The first-order valence-corrected chi connectivity index (χ1v) is 9.21. The van der Waals surface area contributed by atoms with Crippen molar-refractivity contribution in [3.8, 4) is 11.5 Å². The van der Waals surface area contributed by atoms with Gasteiger partial charge in [-0.25, -0.2) is 0 Å². The Bertz CT molecular complexity index is 632. The number of rotatable bonds is 12. The van der Waals surface area contributed by atoms with Crippen LogP contribution in [0.15, 0.2) is 48.5 Å².